The highest BCUT2D eigenvalue weighted by atomic mass is 19.1. The molecule has 0 saturated carbocycles. The minimum atomic E-state index is -0.693. The average molecular weight is 230 g/mol. The highest BCUT2D eigenvalue weighted by Crippen LogP contribution is 2.15. The van der Waals surface area contributed by atoms with Crippen LogP contribution in [0, 0.1) is 17.6 Å². The number of anilines is 1. The van der Waals surface area contributed by atoms with E-state index in [1.807, 2.05) is 13.8 Å². The SMILES string of the molecule is COCC(Nc1ncc(F)cc1F)C(C)C. The van der Waals surface area contributed by atoms with Gasteiger partial charge in [0.15, 0.2) is 11.6 Å². The van der Waals surface area contributed by atoms with Gasteiger partial charge in [-0.2, -0.15) is 0 Å². The molecule has 1 rings (SSSR count). The van der Waals surface area contributed by atoms with Crippen LogP contribution >= 0.6 is 0 Å². The highest BCUT2D eigenvalue weighted by Gasteiger charge is 2.15. The molecule has 90 valence electrons. The van der Waals surface area contributed by atoms with Crippen LogP contribution in [0.25, 0.3) is 0 Å². The number of hydrogen-bond acceptors (Lipinski definition) is 3. The van der Waals surface area contributed by atoms with Crippen LogP contribution in [0.1, 0.15) is 13.8 Å². The Kier molecular flexibility index (Phi) is 4.61. The molecule has 0 aromatic carbocycles. The third-order valence-corrected chi connectivity index (χ3v) is 2.28. The summed E-state index contributed by atoms with van der Waals surface area (Å²) in [5.74, 6) is -1.07. The van der Waals surface area contributed by atoms with Gasteiger partial charge < -0.3 is 10.1 Å². The van der Waals surface area contributed by atoms with E-state index in [4.69, 9.17) is 4.74 Å². The van der Waals surface area contributed by atoms with Crippen molar-refractivity contribution in [1.29, 1.82) is 0 Å². The standard InChI is InChI=1S/C11H16F2N2O/c1-7(2)10(6-16-3)15-11-9(13)4-8(12)5-14-11/h4-5,7,10H,6H2,1-3H3,(H,14,15). The van der Waals surface area contributed by atoms with E-state index in [1.54, 1.807) is 7.11 Å². The minimum absolute atomic E-state index is 0.0529. The van der Waals surface area contributed by atoms with E-state index in [1.165, 1.54) is 0 Å². The summed E-state index contributed by atoms with van der Waals surface area (Å²) in [7, 11) is 1.57. The number of ether oxygens (including phenoxy) is 1. The number of rotatable bonds is 5. The van der Waals surface area contributed by atoms with Crippen LogP contribution in [0.15, 0.2) is 12.3 Å². The lowest BCUT2D eigenvalue weighted by atomic mass is 10.1. The van der Waals surface area contributed by atoms with Crippen LogP contribution in [0.3, 0.4) is 0 Å². The van der Waals surface area contributed by atoms with Crippen molar-refractivity contribution in [3.05, 3.63) is 23.9 Å². The van der Waals surface area contributed by atoms with Gasteiger partial charge >= 0.3 is 0 Å². The van der Waals surface area contributed by atoms with Gasteiger partial charge in [0.2, 0.25) is 0 Å². The van der Waals surface area contributed by atoms with Gasteiger partial charge in [-0.25, -0.2) is 13.8 Å². The zero-order valence-electron chi connectivity index (χ0n) is 9.63. The van der Waals surface area contributed by atoms with Crippen molar-refractivity contribution in [1.82, 2.24) is 4.98 Å². The molecule has 0 saturated heterocycles. The van der Waals surface area contributed by atoms with E-state index < -0.39 is 11.6 Å². The first-order valence-electron chi connectivity index (χ1n) is 5.11. The molecular formula is C11H16F2N2O. The Morgan fingerprint density at radius 2 is 2.12 bits per heavy atom. The van der Waals surface area contributed by atoms with Crippen LogP contribution in [-0.2, 0) is 4.74 Å². The molecule has 0 amide bonds. The first kappa shape index (κ1) is 12.8. The summed E-state index contributed by atoms with van der Waals surface area (Å²) < 4.78 is 31.0. The lowest BCUT2D eigenvalue weighted by Gasteiger charge is -2.22. The fraction of sp³-hybridized carbons (Fsp3) is 0.545. The zero-order chi connectivity index (χ0) is 12.1. The number of nitrogens with one attached hydrogen (secondary N) is 1. The van der Waals surface area contributed by atoms with Crippen molar-refractivity contribution in [2.45, 2.75) is 19.9 Å². The molecule has 0 spiro atoms. The average Bonchev–Trinajstić information content (AvgIpc) is 2.20. The highest BCUT2D eigenvalue weighted by molar-refractivity contribution is 5.37. The number of pyridine rings is 1. The number of methoxy groups -OCH3 is 1. The van der Waals surface area contributed by atoms with Gasteiger partial charge in [0.25, 0.3) is 0 Å². The molecule has 0 aliphatic heterocycles. The largest absolute Gasteiger partial charge is 0.383 e. The zero-order valence-corrected chi connectivity index (χ0v) is 9.63. The van der Waals surface area contributed by atoms with Gasteiger partial charge in [-0.05, 0) is 5.92 Å². The van der Waals surface area contributed by atoms with Crippen LogP contribution in [0.2, 0.25) is 0 Å². The molecule has 0 bridgehead atoms. The van der Waals surface area contributed by atoms with Crippen LogP contribution in [0.5, 0.6) is 0 Å². The summed E-state index contributed by atoms with van der Waals surface area (Å²) in [5, 5.41) is 2.90. The van der Waals surface area contributed by atoms with Gasteiger partial charge in [0.05, 0.1) is 18.8 Å². The quantitative estimate of drug-likeness (QED) is 0.843. The molecule has 1 heterocycles. The Balaban J connectivity index is 2.77. The van der Waals surface area contributed by atoms with Crippen molar-refractivity contribution in [3.8, 4) is 0 Å². The molecule has 5 heteroatoms. The predicted molar refractivity (Wildman–Crippen MR) is 58.3 cm³/mol. The molecule has 0 aliphatic rings. The predicted octanol–water partition coefficient (Wildman–Crippen LogP) is 2.44. The summed E-state index contributed by atoms with van der Waals surface area (Å²) in [6.07, 6.45) is 0.982. The molecule has 1 aromatic rings. The second-order valence-electron chi connectivity index (χ2n) is 3.93. The normalized spacial score (nSPS) is 12.9. The molecule has 0 radical (unpaired) electrons. The van der Waals surface area contributed by atoms with Gasteiger partial charge in [0.1, 0.15) is 5.82 Å². The number of halogens is 2. The fourth-order valence-electron chi connectivity index (χ4n) is 1.28. The molecule has 1 N–H and O–H groups in total. The number of aromatic nitrogens is 1. The molecular weight excluding hydrogens is 214 g/mol. The molecule has 16 heavy (non-hydrogen) atoms. The first-order chi connectivity index (χ1) is 7.54. The van der Waals surface area contributed by atoms with E-state index in [9.17, 15) is 8.78 Å². The number of hydrogen-bond donors (Lipinski definition) is 1. The van der Waals surface area contributed by atoms with Crippen molar-refractivity contribution >= 4 is 5.82 Å². The van der Waals surface area contributed by atoms with E-state index in [0.29, 0.717) is 6.61 Å². The van der Waals surface area contributed by atoms with Gasteiger partial charge in [-0.3, -0.25) is 0 Å². The maximum atomic E-state index is 13.3. The van der Waals surface area contributed by atoms with Gasteiger partial charge in [-0.15, -0.1) is 0 Å². The summed E-state index contributed by atoms with van der Waals surface area (Å²) >= 11 is 0. The number of nitrogens with zero attached hydrogens (tertiary/aromatic N) is 1. The van der Waals surface area contributed by atoms with E-state index in [-0.39, 0.29) is 17.8 Å². The lowest BCUT2D eigenvalue weighted by molar-refractivity contribution is 0.171. The molecule has 3 nitrogen and oxygen atoms in total. The molecule has 1 unspecified atom stereocenters. The van der Waals surface area contributed by atoms with Crippen LogP contribution in [-0.4, -0.2) is 24.7 Å². The van der Waals surface area contributed by atoms with Crippen molar-refractivity contribution < 1.29 is 13.5 Å². The van der Waals surface area contributed by atoms with Crippen molar-refractivity contribution in [3.63, 3.8) is 0 Å². The Morgan fingerprint density at radius 3 is 2.62 bits per heavy atom. The third kappa shape index (κ3) is 3.41. The Morgan fingerprint density at radius 1 is 1.44 bits per heavy atom. The molecule has 1 atom stereocenters. The van der Waals surface area contributed by atoms with Crippen molar-refractivity contribution in [2.24, 2.45) is 5.92 Å². The monoisotopic (exact) mass is 230 g/mol. The van der Waals surface area contributed by atoms with Crippen LogP contribution < -0.4 is 5.32 Å². The summed E-state index contributed by atoms with van der Waals surface area (Å²) in [4.78, 5) is 3.67. The van der Waals surface area contributed by atoms with Gasteiger partial charge in [-0.1, -0.05) is 13.8 Å². The summed E-state index contributed by atoms with van der Waals surface area (Å²) in [5.41, 5.74) is 0. The van der Waals surface area contributed by atoms with Crippen molar-refractivity contribution in [2.75, 3.05) is 19.0 Å². The second-order valence-corrected chi connectivity index (χ2v) is 3.93. The van der Waals surface area contributed by atoms with Gasteiger partial charge in [0, 0.05) is 13.2 Å². The Bertz CT molecular complexity index is 345. The molecule has 0 fully saturated rings. The summed E-state index contributed by atoms with van der Waals surface area (Å²) in [6.45, 7) is 4.41. The second kappa shape index (κ2) is 5.75. The Hall–Kier alpha value is -1.23. The maximum Gasteiger partial charge on any atom is 0.168 e. The first-order valence-corrected chi connectivity index (χ1v) is 5.11. The van der Waals surface area contributed by atoms with E-state index in [2.05, 4.69) is 10.3 Å². The molecule has 1 aromatic heterocycles. The Labute approximate surface area is 93.8 Å². The maximum absolute atomic E-state index is 13.3. The molecule has 0 aliphatic carbocycles. The van der Waals surface area contributed by atoms with E-state index >= 15 is 0 Å². The summed E-state index contributed by atoms with van der Waals surface area (Å²) in [6, 6.07) is 0.747. The topological polar surface area (TPSA) is 34.1 Å². The van der Waals surface area contributed by atoms with Crippen LogP contribution in [0.4, 0.5) is 14.6 Å². The third-order valence-electron chi connectivity index (χ3n) is 2.28. The smallest absolute Gasteiger partial charge is 0.168 e. The fourth-order valence-corrected chi connectivity index (χ4v) is 1.28. The lowest BCUT2D eigenvalue weighted by Crippen LogP contribution is -2.31. The minimum Gasteiger partial charge on any atom is -0.383 e. The van der Waals surface area contributed by atoms with E-state index in [0.717, 1.165) is 12.3 Å².